The van der Waals surface area contributed by atoms with Crippen LogP contribution in [0.3, 0.4) is 0 Å². The highest BCUT2D eigenvalue weighted by Gasteiger charge is 2.12. The van der Waals surface area contributed by atoms with E-state index in [-0.39, 0.29) is 37.5 Å². The summed E-state index contributed by atoms with van der Waals surface area (Å²) < 4.78 is 1.03. The van der Waals surface area contributed by atoms with Gasteiger partial charge in [0.15, 0.2) is 5.78 Å². The van der Waals surface area contributed by atoms with Gasteiger partial charge in [0.2, 0.25) is 5.91 Å². The van der Waals surface area contributed by atoms with Gasteiger partial charge in [-0.2, -0.15) is 5.26 Å². The van der Waals surface area contributed by atoms with Crippen LogP contribution in [0.2, 0.25) is 0 Å². The lowest BCUT2D eigenvalue weighted by Gasteiger charge is -2.05. The number of hydrogen-bond acceptors (Lipinski definition) is 5. The number of Topliss-reactive ketones (excluding diaryl/α,β-unsaturated/α-hetero) is 1. The Kier molecular flexibility index (Phi) is 5.94. The van der Waals surface area contributed by atoms with Crippen LogP contribution >= 0.6 is 11.3 Å². The van der Waals surface area contributed by atoms with Gasteiger partial charge < -0.3 is 5.32 Å². The van der Waals surface area contributed by atoms with E-state index in [9.17, 15) is 9.59 Å². The van der Waals surface area contributed by atoms with Crippen LogP contribution in [0.15, 0.2) is 42.5 Å². The van der Waals surface area contributed by atoms with Crippen molar-refractivity contribution in [2.24, 2.45) is 0 Å². The number of amides is 1. The first-order chi connectivity index (χ1) is 13.1. The van der Waals surface area contributed by atoms with Crippen molar-refractivity contribution in [2.45, 2.75) is 26.2 Å². The van der Waals surface area contributed by atoms with Crippen molar-refractivity contribution in [3.63, 3.8) is 0 Å². The predicted octanol–water partition coefficient (Wildman–Crippen LogP) is 3.80. The number of aromatic nitrogens is 1. The Hall–Kier alpha value is -3.04. The molecular formula is C21H19N3O2S. The van der Waals surface area contributed by atoms with E-state index in [1.165, 1.54) is 11.3 Å². The minimum atomic E-state index is -0.237. The molecule has 1 heterocycles. The van der Waals surface area contributed by atoms with Crippen LogP contribution in [0.1, 0.15) is 23.4 Å². The molecule has 1 amide bonds. The number of nitriles is 1. The van der Waals surface area contributed by atoms with E-state index in [1.807, 2.05) is 30.3 Å². The van der Waals surface area contributed by atoms with Crippen molar-refractivity contribution in [3.8, 4) is 17.2 Å². The van der Waals surface area contributed by atoms with E-state index in [2.05, 4.69) is 35.4 Å². The highest BCUT2D eigenvalue weighted by Crippen LogP contribution is 2.31. The Balaban J connectivity index is 1.71. The molecule has 0 fully saturated rings. The fourth-order valence-electron chi connectivity index (χ4n) is 2.81. The summed E-state index contributed by atoms with van der Waals surface area (Å²) in [6.45, 7) is 2.02. The van der Waals surface area contributed by atoms with Gasteiger partial charge in [0, 0.05) is 12.8 Å². The maximum atomic E-state index is 12.1. The third-order valence-electron chi connectivity index (χ3n) is 4.17. The number of ketones is 1. The molecule has 1 N–H and O–H groups in total. The first-order valence-corrected chi connectivity index (χ1v) is 9.49. The van der Waals surface area contributed by atoms with E-state index >= 15 is 0 Å². The van der Waals surface area contributed by atoms with Gasteiger partial charge in [-0.25, -0.2) is 4.98 Å². The summed E-state index contributed by atoms with van der Waals surface area (Å²) in [4.78, 5) is 28.1. The maximum Gasteiger partial charge on any atom is 0.227 e. The minimum absolute atomic E-state index is 0.0390. The van der Waals surface area contributed by atoms with Crippen LogP contribution in [-0.4, -0.2) is 23.2 Å². The zero-order chi connectivity index (χ0) is 19.2. The molecule has 0 saturated carbocycles. The average molecular weight is 377 g/mol. The molecule has 0 atom stereocenters. The zero-order valence-electron chi connectivity index (χ0n) is 15.0. The van der Waals surface area contributed by atoms with Gasteiger partial charge in [-0.3, -0.25) is 9.59 Å². The largest absolute Gasteiger partial charge is 0.349 e. The molecule has 0 spiro atoms. The molecule has 6 heteroatoms. The van der Waals surface area contributed by atoms with Crippen molar-refractivity contribution in [3.05, 3.63) is 53.0 Å². The van der Waals surface area contributed by atoms with Gasteiger partial charge in [0.25, 0.3) is 0 Å². The molecular weight excluding hydrogens is 358 g/mol. The molecule has 0 radical (unpaired) electrons. The molecule has 27 heavy (non-hydrogen) atoms. The lowest BCUT2D eigenvalue weighted by molar-refractivity contribution is -0.124. The summed E-state index contributed by atoms with van der Waals surface area (Å²) in [6.07, 6.45) is 0.486. The summed E-state index contributed by atoms with van der Waals surface area (Å²) in [7, 11) is 0. The number of nitrogens with one attached hydrogen (secondary N) is 1. The first kappa shape index (κ1) is 18.7. The number of aryl methyl sites for hydroxylation is 1. The fraction of sp³-hybridized carbons (Fsp3) is 0.238. The lowest BCUT2D eigenvalue weighted by atomic mass is 10.0. The minimum Gasteiger partial charge on any atom is -0.349 e. The Morgan fingerprint density at radius 2 is 2.00 bits per heavy atom. The summed E-state index contributed by atoms with van der Waals surface area (Å²) >= 11 is 1.49. The van der Waals surface area contributed by atoms with E-state index in [0.29, 0.717) is 0 Å². The Morgan fingerprint density at radius 1 is 1.22 bits per heavy atom. The van der Waals surface area contributed by atoms with Crippen LogP contribution in [0.4, 0.5) is 0 Å². The SMILES string of the molecule is Cc1cc2nc(CC(=O)NCC(=O)CCC#N)sc2cc1-c1ccccc1. The Labute approximate surface area is 161 Å². The van der Waals surface area contributed by atoms with Gasteiger partial charge in [0.05, 0.1) is 29.3 Å². The predicted molar refractivity (Wildman–Crippen MR) is 106 cm³/mol. The third-order valence-corrected chi connectivity index (χ3v) is 5.19. The second kappa shape index (κ2) is 8.56. The molecule has 136 valence electrons. The van der Waals surface area contributed by atoms with Crippen molar-refractivity contribution in [1.29, 1.82) is 5.26 Å². The van der Waals surface area contributed by atoms with E-state index in [4.69, 9.17) is 5.26 Å². The fourth-order valence-corrected chi connectivity index (χ4v) is 3.80. The number of carbonyl (C=O) groups excluding carboxylic acids is 2. The molecule has 2 aromatic carbocycles. The highest BCUT2D eigenvalue weighted by molar-refractivity contribution is 7.18. The number of hydrogen-bond donors (Lipinski definition) is 1. The molecule has 0 aliphatic rings. The molecule has 0 aliphatic heterocycles. The van der Waals surface area contributed by atoms with Crippen LogP contribution in [0.25, 0.3) is 21.3 Å². The summed E-state index contributed by atoms with van der Waals surface area (Å²) in [6, 6.07) is 16.2. The summed E-state index contributed by atoms with van der Waals surface area (Å²) in [5.41, 5.74) is 4.33. The Morgan fingerprint density at radius 3 is 2.74 bits per heavy atom. The number of thiazole rings is 1. The summed E-state index contributed by atoms with van der Waals surface area (Å²) in [5.74, 6) is -0.378. The van der Waals surface area contributed by atoms with Crippen LogP contribution in [-0.2, 0) is 16.0 Å². The monoisotopic (exact) mass is 377 g/mol. The van der Waals surface area contributed by atoms with Gasteiger partial charge in [-0.15, -0.1) is 11.3 Å². The molecule has 0 aliphatic carbocycles. The quantitative estimate of drug-likeness (QED) is 0.679. The van der Waals surface area contributed by atoms with Crippen LogP contribution in [0, 0.1) is 18.3 Å². The van der Waals surface area contributed by atoms with Gasteiger partial charge >= 0.3 is 0 Å². The smallest absolute Gasteiger partial charge is 0.227 e. The first-order valence-electron chi connectivity index (χ1n) is 8.67. The number of rotatable bonds is 7. The molecule has 0 bridgehead atoms. The van der Waals surface area contributed by atoms with Gasteiger partial charge in [0.1, 0.15) is 5.01 Å². The standard InChI is InChI=1S/C21H19N3O2S/c1-14-10-18-19(11-17(14)15-6-3-2-4-7-15)27-21(24-18)12-20(26)23-13-16(25)8-5-9-22/h2-4,6-7,10-11H,5,8,12-13H2,1H3,(H,23,26). The second-order valence-electron chi connectivity index (χ2n) is 6.26. The number of benzene rings is 2. The van der Waals surface area contributed by atoms with Crippen LogP contribution < -0.4 is 5.32 Å². The van der Waals surface area contributed by atoms with Crippen molar-refractivity contribution in [1.82, 2.24) is 10.3 Å². The highest BCUT2D eigenvalue weighted by atomic mass is 32.1. The second-order valence-corrected chi connectivity index (χ2v) is 7.37. The van der Waals surface area contributed by atoms with Crippen molar-refractivity contribution in [2.75, 3.05) is 6.54 Å². The molecule has 0 saturated heterocycles. The molecule has 0 unspecified atom stereocenters. The van der Waals surface area contributed by atoms with Crippen LogP contribution in [0.5, 0.6) is 0 Å². The topological polar surface area (TPSA) is 82.8 Å². The third kappa shape index (κ3) is 4.78. The summed E-state index contributed by atoms with van der Waals surface area (Å²) in [5, 5.41) is 11.8. The van der Waals surface area contributed by atoms with Crippen molar-refractivity contribution < 1.29 is 9.59 Å². The number of nitrogens with zero attached hydrogens (tertiary/aromatic N) is 2. The van der Waals surface area contributed by atoms with E-state index in [0.717, 1.165) is 31.9 Å². The normalized spacial score (nSPS) is 10.5. The molecule has 3 aromatic rings. The maximum absolute atomic E-state index is 12.1. The molecule has 5 nitrogen and oxygen atoms in total. The average Bonchev–Trinajstić information content (AvgIpc) is 3.05. The number of fused-ring (bicyclic) bond motifs is 1. The molecule has 1 aromatic heterocycles. The number of carbonyl (C=O) groups is 2. The van der Waals surface area contributed by atoms with Gasteiger partial charge in [-0.1, -0.05) is 30.3 Å². The Bertz CT molecular complexity index is 1020. The molecule has 3 rings (SSSR count). The zero-order valence-corrected chi connectivity index (χ0v) is 15.8. The van der Waals surface area contributed by atoms with E-state index in [1.54, 1.807) is 0 Å². The lowest BCUT2D eigenvalue weighted by Crippen LogP contribution is -2.30. The van der Waals surface area contributed by atoms with Crippen molar-refractivity contribution >= 4 is 33.2 Å². The van der Waals surface area contributed by atoms with Gasteiger partial charge in [-0.05, 0) is 35.7 Å². The van der Waals surface area contributed by atoms with E-state index < -0.39 is 0 Å².